The van der Waals surface area contributed by atoms with E-state index < -0.39 is 0 Å². The SMILES string of the molecule is CN=C(NCCCN1CC(C)CC(C)C1)NCc1ccc(C(=O)N(C)C)cc1.I. The van der Waals surface area contributed by atoms with Crippen LogP contribution in [0.3, 0.4) is 0 Å². The van der Waals surface area contributed by atoms with E-state index in [2.05, 4.69) is 34.4 Å². The van der Waals surface area contributed by atoms with Gasteiger partial charge in [0.15, 0.2) is 5.96 Å². The minimum Gasteiger partial charge on any atom is -0.356 e. The van der Waals surface area contributed by atoms with Gasteiger partial charge >= 0.3 is 0 Å². The lowest BCUT2D eigenvalue weighted by atomic mass is 9.92. The van der Waals surface area contributed by atoms with Crippen LogP contribution in [0.15, 0.2) is 29.3 Å². The zero-order valence-corrected chi connectivity index (χ0v) is 20.9. The molecule has 29 heavy (non-hydrogen) atoms. The molecule has 0 saturated carbocycles. The number of guanidine groups is 1. The molecule has 0 aliphatic carbocycles. The lowest BCUT2D eigenvalue weighted by Gasteiger charge is -2.35. The van der Waals surface area contributed by atoms with E-state index in [1.165, 1.54) is 19.5 Å². The normalized spacial score (nSPS) is 20.0. The highest BCUT2D eigenvalue weighted by Crippen LogP contribution is 2.20. The highest BCUT2D eigenvalue weighted by molar-refractivity contribution is 14.0. The van der Waals surface area contributed by atoms with Crippen LogP contribution in [-0.2, 0) is 6.54 Å². The molecule has 0 radical (unpaired) electrons. The Morgan fingerprint density at radius 2 is 1.76 bits per heavy atom. The van der Waals surface area contributed by atoms with E-state index in [9.17, 15) is 4.79 Å². The van der Waals surface area contributed by atoms with Crippen molar-refractivity contribution < 1.29 is 4.79 Å². The number of hydrogen-bond donors (Lipinski definition) is 2. The molecule has 2 atom stereocenters. The Hall–Kier alpha value is -1.35. The summed E-state index contributed by atoms with van der Waals surface area (Å²) in [5.74, 6) is 2.46. The Morgan fingerprint density at radius 3 is 2.31 bits per heavy atom. The molecular formula is C22H38IN5O. The number of carbonyl (C=O) groups is 1. The zero-order valence-electron chi connectivity index (χ0n) is 18.6. The van der Waals surface area contributed by atoms with Crippen LogP contribution < -0.4 is 10.6 Å². The number of halogens is 1. The fraction of sp³-hybridized carbons (Fsp3) is 0.636. The van der Waals surface area contributed by atoms with Crippen molar-refractivity contribution in [3.8, 4) is 0 Å². The molecule has 0 bridgehead atoms. The smallest absolute Gasteiger partial charge is 0.253 e. The van der Waals surface area contributed by atoms with Crippen LogP contribution in [0.5, 0.6) is 0 Å². The van der Waals surface area contributed by atoms with E-state index in [0.29, 0.717) is 12.1 Å². The Balaban J connectivity index is 0.00000420. The number of amides is 1. The van der Waals surface area contributed by atoms with Gasteiger partial charge in [0, 0.05) is 52.9 Å². The standard InChI is InChI=1S/C22H37N5O.HI/c1-17-13-18(2)16-27(15-17)12-6-11-24-22(23-3)25-14-19-7-9-20(10-8-19)21(28)26(4)5;/h7-10,17-18H,6,11-16H2,1-5H3,(H2,23,24,25);1H. The zero-order chi connectivity index (χ0) is 20.5. The molecule has 6 nitrogen and oxygen atoms in total. The molecule has 2 unspecified atom stereocenters. The number of piperidine rings is 1. The third kappa shape index (κ3) is 8.90. The number of likely N-dealkylation sites (tertiary alicyclic amines) is 1. The molecule has 1 aromatic carbocycles. The van der Waals surface area contributed by atoms with E-state index in [1.807, 2.05) is 24.3 Å². The van der Waals surface area contributed by atoms with E-state index in [0.717, 1.165) is 42.9 Å². The predicted molar refractivity (Wildman–Crippen MR) is 132 cm³/mol. The van der Waals surface area contributed by atoms with Gasteiger partial charge in [-0.2, -0.15) is 0 Å². The fourth-order valence-corrected chi connectivity index (χ4v) is 3.91. The molecule has 2 rings (SSSR count). The molecule has 1 heterocycles. The van der Waals surface area contributed by atoms with E-state index in [1.54, 1.807) is 26.0 Å². The first-order valence-corrected chi connectivity index (χ1v) is 10.4. The van der Waals surface area contributed by atoms with Crippen LogP contribution in [0.4, 0.5) is 0 Å². The maximum absolute atomic E-state index is 11.9. The molecule has 2 N–H and O–H groups in total. The average molecular weight is 515 g/mol. The molecule has 1 aromatic rings. The van der Waals surface area contributed by atoms with Gasteiger partial charge in [0.2, 0.25) is 0 Å². The molecule has 1 fully saturated rings. The number of carbonyl (C=O) groups excluding carboxylic acids is 1. The van der Waals surface area contributed by atoms with Gasteiger partial charge in [-0.1, -0.05) is 26.0 Å². The molecule has 164 valence electrons. The van der Waals surface area contributed by atoms with Gasteiger partial charge < -0.3 is 20.4 Å². The van der Waals surface area contributed by atoms with Crippen molar-refractivity contribution in [3.05, 3.63) is 35.4 Å². The number of benzene rings is 1. The molecule has 1 amide bonds. The average Bonchev–Trinajstić information content (AvgIpc) is 2.66. The summed E-state index contributed by atoms with van der Waals surface area (Å²) in [6, 6.07) is 7.71. The second-order valence-corrected chi connectivity index (χ2v) is 8.31. The Bertz CT molecular complexity index is 637. The van der Waals surface area contributed by atoms with E-state index in [4.69, 9.17) is 0 Å². The minimum atomic E-state index is 0. The van der Waals surface area contributed by atoms with Crippen LogP contribution in [0.25, 0.3) is 0 Å². The summed E-state index contributed by atoms with van der Waals surface area (Å²) in [6.07, 6.45) is 2.47. The van der Waals surface area contributed by atoms with Crippen LogP contribution in [0.1, 0.15) is 42.6 Å². The molecule has 1 aliphatic rings. The lowest BCUT2D eigenvalue weighted by Crippen LogP contribution is -2.41. The predicted octanol–water partition coefficient (Wildman–Crippen LogP) is 3.04. The molecule has 1 saturated heterocycles. The van der Waals surface area contributed by atoms with Gasteiger partial charge in [-0.15, -0.1) is 24.0 Å². The number of hydrogen-bond acceptors (Lipinski definition) is 3. The monoisotopic (exact) mass is 515 g/mol. The van der Waals surface area contributed by atoms with Gasteiger partial charge in [-0.05, 0) is 48.9 Å². The summed E-state index contributed by atoms with van der Waals surface area (Å²) >= 11 is 0. The summed E-state index contributed by atoms with van der Waals surface area (Å²) in [5, 5.41) is 6.74. The number of aliphatic imine (C=N–C) groups is 1. The van der Waals surface area contributed by atoms with Gasteiger partial charge in [-0.25, -0.2) is 0 Å². The summed E-state index contributed by atoms with van der Waals surface area (Å²) in [5.41, 5.74) is 1.83. The first-order chi connectivity index (χ1) is 13.4. The Labute approximate surface area is 193 Å². The highest BCUT2D eigenvalue weighted by Gasteiger charge is 2.20. The highest BCUT2D eigenvalue weighted by atomic mass is 127. The van der Waals surface area contributed by atoms with Crippen LogP contribution in [0, 0.1) is 11.8 Å². The maximum atomic E-state index is 11.9. The topological polar surface area (TPSA) is 60.0 Å². The number of nitrogens with one attached hydrogen (secondary N) is 2. The van der Waals surface area contributed by atoms with Crippen molar-refractivity contribution in [3.63, 3.8) is 0 Å². The van der Waals surface area contributed by atoms with Crippen molar-refractivity contribution in [2.75, 3.05) is 47.3 Å². The van der Waals surface area contributed by atoms with Crippen molar-refractivity contribution in [1.29, 1.82) is 0 Å². The lowest BCUT2D eigenvalue weighted by molar-refractivity contribution is 0.0827. The third-order valence-corrected chi connectivity index (χ3v) is 5.18. The molecule has 1 aliphatic heterocycles. The maximum Gasteiger partial charge on any atom is 0.253 e. The fourth-order valence-electron chi connectivity index (χ4n) is 3.91. The van der Waals surface area contributed by atoms with Crippen molar-refractivity contribution in [1.82, 2.24) is 20.4 Å². The summed E-state index contributed by atoms with van der Waals surface area (Å²) in [7, 11) is 5.32. The first kappa shape index (κ1) is 25.7. The van der Waals surface area contributed by atoms with Crippen LogP contribution in [0.2, 0.25) is 0 Å². The van der Waals surface area contributed by atoms with E-state index >= 15 is 0 Å². The molecule has 0 aromatic heterocycles. The molecule has 7 heteroatoms. The minimum absolute atomic E-state index is 0. The number of nitrogens with zero attached hydrogens (tertiary/aromatic N) is 3. The molecular weight excluding hydrogens is 477 g/mol. The quantitative estimate of drug-likeness (QED) is 0.254. The van der Waals surface area contributed by atoms with E-state index in [-0.39, 0.29) is 29.9 Å². The van der Waals surface area contributed by atoms with Crippen LogP contribution >= 0.6 is 24.0 Å². The number of rotatable bonds is 7. The third-order valence-electron chi connectivity index (χ3n) is 5.18. The Kier molecular flexibility index (Phi) is 11.6. The van der Waals surface area contributed by atoms with Crippen LogP contribution in [-0.4, -0.2) is 69.0 Å². The largest absolute Gasteiger partial charge is 0.356 e. The van der Waals surface area contributed by atoms with Gasteiger partial charge in [-0.3, -0.25) is 9.79 Å². The Morgan fingerprint density at radius 1 is 1.14 bits per heavy atom. The van der Waals surface area contributed by atoms with Crippen molar-refractivity contribution in [2.45, 2.75) is 33.2 Å². The summed E-state index contributed by atoms with van der Waals surface area (Å²) in [4.78, 5) is 20.4. The summed E-state index contributed by atoms with van der Waals surface area (Å²) < 4.78 is 0. The molecule has 0 spiro atoms. The van der Waals surface area contributed by atoms with Gasteiger partial charge in [0.1, 0.15) is 0 Å². The van der Waals surface area contributed by atoms with Gasteiger partial charge in [0.25, 0.3) is 5.91 Å². The second kappa shape index (κ2) is 13.1. The van der Waals surface area contributed by atoms with Gasteiger partial charge in [0.05, 0.1) is 0 Å². The van der Waals surface area contributed by atoms with Crippen molar-refractivity contribution >= 4 is 35.8 Å². The summed E-state index contributed by atoms with van der Waals surface area (Å²) in [6.45, 7) is 9.89. The second-order valence-electron chi connectivity index (χ2n) is 8.31. The van der Waals surface area contributed by atoms with Crippen molar-refractivity contribution in [2.24, 2.45) is 16.8 Å². The first-order valence-electron chi connectivity index (χ1n) is 10.4.